The van der Waals surface area contributed by atoms with Gasteiger partial charge in [0.15, 0.2) is 6.10 Å². The second-order valence-electron chi connectivity index (χ2n) is 4.43. The van der Waals surface area contributed by atoms with Gasteiger partial charge in [0.2, 0.25) is 0 Å². The fraction of sp³-hybridized carbons (Fsp3) is 0.533. The predicted molar refractivity (Wildman–Crippen MR) is 78.7 cm³/mol. The van der Waals surface area contributed by atoms with Crippen LogP contribution in [0.25, 0.3) is 0 Å². The Morgan fingerprint density at radius 3 is 2.67 bits per heavy atom. The number of carbonyl (C=O) groups is 1. The quantitative estimate of drug-likeness (QED) is 0.548. The molecule has 0 amide bonds. The monoisotopic (exact) mass is 297 g/mol. The minimum absolute atomic E-state index is 0.420. The lowest BCUT2D eigenvalue weighted by Crippen LogP contribution is -2.26. The molecule has 1 N–H and O–H groups in total. The normalized spacial score (nSPS) is 11.8. The van der Waals surface area contributed by atoms with Crippen molar-refractivity contribution in [2.24, 2.45) is 0 Å². The molecule has 6 nitrogen and oxygen atoms in total. The summed E-state index contributed by atoms with van der Waals surface area (Å²) in [6, 6.07) is 5.51. The summed E-state index contributed by atoms with van der Waals surface area (Å²) in [6.07, 6.45) is -0.681. The standard InChI is InChI=1S/C15H23NO5/c1-11(15(17)20-4)21-14-9-13(19-3)6-5-12(14)10-16-7-8-18-2/h5-6,9,11,16H,7-8,10H2,1-4H3. The van der Waals surface area contributed by atoms with Gasteiger partial charge in [0.05, 0.1) is 20.8 Å². The second-order valence-corrected chi connectivity index (χ2v) is 4.43. The van der Waals surface area contributed by atoms with E-state index in [-0.39, 0.29) is 0 Å². The average Bonchev–Trinajstić information content (AvgIpc) is 2.51. The van der Waals surface area contributed by atoms with Crippen molar-refractivity contribution >= 4 is 5.97 Å². The van der Waals surface area contributed by atoms with Gasteiger partial charge in [-0.25, -0.2) is 4.79 Å². The van der Waals surface area contributed by atoms with Crippen LogP contribution in [0.2, 0.25) is 0 Å². The molecule has 0 bridgehead atoms. The van der Waals surface area contributed by atoms with Gasteiger partial charge in [0.25, 0.3) is 0 Å². The fourth-order valence-corrected chi connectivity index (χ4v) is 1.72. The lowest BCUT2D eigenvalue weighted by atomic mass is 10.2. The minimum Gasteiger partial charge on any atom is -0.497 e. The topological polar surface area (TPSA) is 66.0 Å². The van der Waals surface area contributed by atoms with Crippen LogP contribution in [0.3, 0.4) is 0 Å². The maximum atomic E-state index is 11.5. The highest BCUT2D eigenvalue weighted by Gasteiger charge is 2.17. The molecule has 0 spiro atoms. The molecule has 0 aliphatic heterocycles. The van der Waals surface area contributed by atoms with E-state index in [2.05, 4.69) is 10.1 Å². The molecular formula is C15H23NO5. The number of benzene rings is 1. The molecule has 21 heavy (non-hydrogen) atoms. The van der Waals surface area contributed by atoms with E-state index in [1.165, 1.54) is 7.11 Å². The number of rotatable bonds is 9. The van der Waals surface area contributed by atoms with E-state index in [4.69, 9.17) is 14.2 Å². The van der Waals surface area contributed by atoms with Crippen molar-refractivity contribution in [1.29, 1.82) is 0 Å². The number of carbonyl (C=O) groups excluding carboxylic acids is 1. The maximum Gasteiger partial charge on any atom is 0.346 e. The number of methoxy groups -OCH3 is 3. The molecule has 0 radical (unpaired) electrons. The summed E-state index contributed by atoms with van der Waals surface area (Å²) in [5.41, 5.74) is 0.933. The van der Waals surface area contributed by atoms with E-state index in [1.54, 1.807) is 27.2 Å². The largest absolute Gasteiger partial charge is 0.497 e. The molecule has 1 aromatic carbocycles. The summed E-state index contributed by atoms with van der Waals surface area (Å²) < 4.78 is 20.5. The zero-order valence-electron chi connectivity index (χ0n) is 13.0. The van der Waals surface area contributed by atoms with Crippen LogP contribution in [-0.4, -0.2) is 46.6 Å². The molecule has 0 aromatic heterocycles. The van der Waals surface area contributed by atoms with Crippen LogP contribution in [0.15, 0.2) is 18.2 Å². The van der Waals surface area contributed by atoms with Crippen molar-refractivity contribution in [1.82, 2.24) is 5.32 Å². The van der Waals surface area contributed by atoms with Gasteiger partial charge in [-0.2, -0.15) is 0 Å². The molecule has 1 rings (SSSR count). The first-order valence-corrected chi connectivity index (χ1v) is 6.73. The van der Waals surface area contributed by atoms with E-state index in [0.29, 0.717) is 24.7 Å². The van der Waals surface area contributed by atoms with Crippen molar-refractivity contribution in [3.8, 4) is 11.5 Å². The number of nitrogens with one attached hydrogen (secondary N) is 1. The van der Waals surface area contributed by atoms with Crippen LogP contribution < -0.4 is 14.8 Å². The zero-order valence-corrected chi connectivity index (χ0v) is 13.0. The van der Waals surface area contributed by atoms with Crippen LogP contribution in [0.5, 0.6) is 11.5 Å². The predicted octanol–water partition coefficient (Wildman–Crippen LogP) is 1.37. The van der Waals surface area contributed by atoms with Crippen LogP contribution in [0, 0.1) is 0 Å². The van der Waals surface area contributed by atoms with Crippen molar-refractivity contribution in [3.05, 3.63) is 23.8 Å². The number of esters is 1. The molecule has 0 aliphatic carbocycles. The third-order valence-electron chi connectivity index (χ3n) is 2.91. The maximum absolute atomic E-state index is 11.5. The van der Waals surface area contributed by atoms with E-state index in [1.807, 2.05) is 12.1 Å². The fourth-order valence-electron chi connectivity index (χ4n) is 1.72. The molecule has 1 aromatic rings. The van der Waals surface area contributed by atoms with Gasteiger partial charge >= 0.3 is 5.97 Å². The van der Waals surface area contributed by atoms with Crippen LogP contribution in [0.1, 0.15) is 12.5 Å². The van der Waals surface area contributed by atoms with E-state index < -0.39 is 12.1 Å². The molecule has 0 saturated heterocycles. The summed E-state index contributed by atoms with van der Waals surface area (Å²) in [4.78, 5) is 11.5. The van der Waals surface area contributed by atoms with Crippen molar-refractivity contribution in [3.63, 3.8) is 0 Å². The smallest absolute Gasteiger partial charge is 0.346 e. The summed E-state index contributed by atoms with van der Waals surface area (Å²) in [7, 11) is 4.57. The van der Waals surface area contributed by atoms with Gasteiger partial charge in [-0.3, -0.25) is 0 Å². The van der Waals surface area contributed by atoms with E-state index in [0.717, 1.165) is 12.1 Å². The number of hydrogen-bond donors (Lipinski definition) is 1. The summed E-state index contributed by atoms with van der Waals surface area (Å²) in [6.45, 7) is 3.61. The summed E-state index contributed by atoms with van der Waals surface area (Å²) in [5.74, 6) is 0.844. The highest BCUT2D eigenvalue weighted by molar-refractivity contribution is 5.74. The van der Waals surface area contributed by atoms with Crippen LogP contribution in [-0.2, 0) is 20.8 Å². The third kappa shape index (κ3) is 5.61. The Bertz CT molecular complexity index is 450. The Hall–Kier alpha value is -1.79. The highest BCUT2D eigenvalue weighted by Crippen LogP contribution is 2.26. The molecule has 1 atom stereocenters. The SMILES string of the molecule is COCCNCc1ccc(OC)cc1OC(C)C(=O)OC. The summed E-state index contributed by atoms with van der Waals surface area (Å²) >= 11 is 0. The Balaban J connectivity index is 2.78. The van der Waals surface area contributed by atoms with Crippen LogP contribution >= 0.6 is 0 Å². The molecule has 0 fully saturated rings. The first kappa shape index (κ1) is 17.3. The van der Waals surface area contributed by atoms with Crippen LogP contribution in [0.4, 0.5) is 0 Å². The molecule has 0 heterocycles. The lowest BCUT2D eigenvalue weighted by Gasteiger charge is -2.17. The minimum atomic E-state index is -0.681. The van der Waals surface area contributed by atoms with Crippen molar-refractivity contribution in [2.45, 2.75) is 19.6 Å². The zero-order chi connectivity index (χ0) is 15.7. The average molecular weight is 297 g/mol. The Kier molecular flexibility index (Phi) is 7.56. The third-order valence-corrected chi connectivity index (χ3v) is 2.91. The molecule has 6 heteroatoms. The molecule has 118 valence electrons. The van der Waals surface area contributed by atoms with Gasteiger partial charge in [0.1, 0.15) is 11.5 Å². The lowest BCUT2D eigenvalue weighted by molar-refractivity contribution is -0.147. The molecule has 0 saturated carbocycles. The Labute approximate surface area is 125 Å². The van der Waals surface area contributed by atoms with E-state index in [9.17, 15) is 4.79 Å². The van der Waals surface area contributed by atoms with Gasteiger partial charge in [-0.1, -0.05) is 6.07 Å². The van der Waals surface area contributed by atoms with E-state index >= 15 is 0 Å². The number of ether oxygens (including phenoxy) is 4. The van der Waals surface area contributed by atoms with Crippen molar-refractivity contribution in [2.75, 3.05) is 34.5 Å². The van der Waals surface area contributed by atoms with Gasteiger partial charge in [0, 0.05) is 31.8 Å². The highest BCUT2D eigenvalue weighted by atomic mass is 16.6. The molecular weight excluding hydrogens is 274 g/mol. The van der Waals surface area contributed by atoms with Gasteiger partial charge in [-0.05, 0) is 13.0 Å². The van der Waals surface area contributed by atoms with Gasteiger partial charge in [-0.15, -0.1) is 0 Å². The number of hydrogen-bond acceptors (Lipinski definition) is 6. The molecule has 0 aliphatic rings. The first-order valence-electron chi connectivity index (χ1n) is 6.73. The van der Waals surface area contributed by atoms with Crippen molar-refractivity contribution < 1.29 is 23.7 Å². The summed E-state index contributed by atoms with van der Waals surface area (Å²) in [5, 5.41) is 3.23. The Morgan fingerprint density at radius 1 is 1.29 bits per heavy atom. The second kappa shape index (κ2) is 9.20. The Morgan fingerprint density at radius 2 is 2.05 bits per heavy atom. The first-order chi connectivity index (χ1) is 10.1. The van der Waals surface area contributed by atoms with Gasteiger partial charge < -0.3 is 24.3 Å². The molecule has 1 unspecified atom stereocenters.